The van der Waals surface area contributed by atoms with Crippen LogP contribution in [0.15, 0.2) is 52.9 Å². The van der Waals surface area contributed by atoms with Gasteiger partial charge in [-0.1, -0.05) is 24.3 Å². The van der Waals surface area contributed by atoms with E-state index in [2.05, 4.69) is 14.6 Å². The maximum atomic E-state index is 14.9. The van der Waals surface area contributed by atoms with Gasteiger partial charge in [0.25, 0.3) is 0 Å². The largest absolute Gasteiger partial charge is 0.470 e. The molecule has 13 heteroatoms. The quantitative estimate of drug-likeness (QED) is 0.509. The molecular weight excluding hydrogens is 480 g/mol. The second-order valence-electron chi connectivity index (χ2n) is 7.56. The van der Waals surface area contributed by atoms with Crippen LogP contribution in [0.3, 0.4) is 0 Å². The minimum atomic E-state index is -4.83. The number of carbonyl (C=O) groups is 1. The van der Waals surface area contributed by atoms with Gasteiger partial charge in [-0.05, 0) is 24.3 Å². The van der Waals surface area contributed by atoms with E-state index in [1.807, 2.05) is 0 Å². The molecule has 0 unspecified atom stereocenters. The van der Waals surface area contributed by atoms with Gasteiger partial charge in [-0.3, -0.25) is 4.90 Å². The predicted octanol–water partition coefficient (Wildman–Crippen LogP) is 3.75. The lowest BCUT2D eigenvalue weighted by Crippen LogP contribution is -2.49. The van der Waals surface area contributed by atoms with Gasteiger partial charge < -0.3 is 9.32 Å². The lowest BCUT2D eigenvalue weighted by atomic mass is 10.1. The van der Waals surface area contributed by atoms with Gasteiger partial charge >= 0.3 is 18.1 Å². The molecule has 2 aromatic carbocycles. The second-order valence-corrected chi connectivity index (χ2v) is 9.86. The zero-order valence-corrected chi connectivity index (χ0v) is 18.3. The summed E-state index contributed by atoms with van der Waals surface area (Å²) >= 11 is 0. The van der Waals surface area contributed by atoms with Gasteiger partial charge in [-0.2, -0.15) is 13.2 Å². The fraction of sp³-hybridized carbons (Fsp3) is 0.286. The molecule has 1 aliphatic heterocycles. The van der Waals surface area contributed by atoms with Crippen LogP contribution in [0, 0.1) is 5.82 Å². The van der Waals surface area contributed by atoms with E-state index in [1.54, 1.807) is 30.3 Å². The first-order chi connectivity index (χ1) is 16.0. The molecule has 8 nitrogen and oxygen atoms in total. The highest BCUT2D eigenvalue weighted by Crippen LogP contribution is 2.31. The average Bonchev–Trinajstić information content (AvgIpc) is 3.29. The number of benzene rings is 2. The van der Waals surface area contributed by atoms with Crippen LogP contribution >= 0.6 is 0 Å². The first kappa shape index (κ1) is 23.7. The number of urea groups is 1. The number of alkyl halides is 3. The highest BCUT2D eigenvalue weighted by molar-refractivity contribution is 7.91. The maximum absolute atomic E-state index is 14.9. The van der Waals surface area contributed by atoms with E-state index in [0.29, 0.717) is 5.69 Å². The van der Waals surface area contributed by atoms with E-state index in [1.165, 1.54) is 21.9 Å². The molecular formula is C21H18F4N4O4S. The van der Waals surface area contributed by atoms with E-state index >= 15 is 0 Å². The van der Waals surface area contributed by atoms with Gasteiger partial charge in [0.2, 0.25) is 5.89 Å². The number of hydrogen-bond acceptors (Lipinski definition) is 6. The normalized spacial score (nSPS) is 15.8. The van der Waals surface area contributed by atoms with Crippen LogP contribution in [0.25, 0.3) is 11.5 Å². The van der Waals surface area contributed by atoms with Gasteiger partial charge in [-0.25, -0.2) is 17.6 Å². The number of para-hydroxylation sites is 1. The summed E-state index contributed by atoms with van der Waals surface area (Å²) in [6.07, 6.45) is -4.83. The Kier molecular flexibility index (Phi) is 6.30. The van der Waals surface area contributed by atoms with E-state index in [4.69, 9.17) is 0 Å². The van der Waals surface area contributed by atoms with Crippen molar-refractivity contribution in [1.29, 1.82) is 0 Å². The maximum Gasteiger partial charge on any atom is 0.470 e. The van der Waals surface area contributed by atoms with Crippen molar-refractivity contribution in [3.05, 3.63) is 65.8 Å². The van der Waals surface area contributed by atoms with Crippen LogP contribution in [0.5, 0.6) is 0 Å². The number of carbonyl (C=O) groups excluding carboxylic acids is 1. The van der Waals surface area contributed by atoms with E-state index in [-0.39, 0.29) is 42.3 Å². The Hall–Kier alpha value is -3.48. The van der Waals surface area contributed by atoms with E-state index in [9.17, 15) is 30.8 Å². The van der Waals surface area contributed by atoms with Crippen molar-refractivity contribution in [3.8, 4) is 11.5 Å². The first-order valence-electron chi connectivity index (χ1n) is 10.0. The van der Waals surface area contributed by atoms with Crippen molar-refractivity contribution < 1.29 is 35.2 Å². The van der Waals surface area contributed by atoms with Gasteiger partial charge in [0.05, 0.1) is 18.1 Å². The standard InChI is InChI=1S/C21H18F4N4O4S/c22-17-12-14(18-26-27-19(33-18)21(23,24)25)6-7-15(17)13-29(16-4-2-1-3-5-16)20(30)28-8-10-34(31,32)11-9-28/h1-7,12H,8-11,13H2. The number of sulfone groups is 1. The Bertz CT molecular complexity index is 1280. The Morgan fingerprint density at radius 2 is 1.74 bits per heavy atom. The minimum absolute atomic E-state index is 0.0185. The highest BCUT2D eigenvalue weighted by atomic mass is 32.2. The molecule has 2 amide bonds. The molecule has 0 bridgehead atoms. The monoisotopic (exact) mass is 498 g/mol. The average molecular weight is 498 g/mol. The van der Waals surface area contributed by atoms with Gasteiger partial charge in [0, 0.05) is 29.9 Å². The third-order valence-corrected chi connectivity index (χ3v) is 6.82. The number of amides is 2. The summed E-state index contributed by atoms with van der Waals surface area (Å²) in [6, 6.07) is 11.5. The molecule has 1 aliphatic rings. The molecule has 2 heterocycles. The van der Waals surface area contributed by atoms with Gasteiger partial charge in [0.1, 0.15) is 5.82 Å². The van der Waals surface area contributed by atoms with Gasteiger partial charge in [-0.15, -0.1) is 10.2 Å². The predicted molar refractivity (Wildman–Crippen MR) is 113 cm³/mol. The van der Waals surface area contributed by atoms with E-state index < -0.39 is 39.6 Å². The molecule has 0 N–H and O–H groups in total. The molecule has 1 aromatic heterocycles. The SMILES string of the molecule is O=C(N1CCS(=O)(=O)CC1)N(Cc1ccc(-c2nnc(C(F)(F)F)o2)cc1F)c1ccccc1. The van der Waals surface area contributed by atoms with Crippen LogP contribution in [0.1, 0.15) is 11.5 Å². The topological polar surface area (TPSA) is 96.6 Å². The van der Waals surface area contributed by atoms with Crippen molar-refractivity contribution in [2.45, 2.75) is 12.7 Å². The van der Waals surface area contributed by atoms with Crippen LogP contribution in [0.2, 0.25) is 0 Å². The van der Waals surface area contributed by atoms with Gasteiger partial charge in [0.15, 0.2) is 9.84 Å². The second kappa shape index (κ2) is 9.05. The summed E-state index contributed by atoms with van der Waals surface area (Å²) in [7, 11) is -3.21. The first-order valence-corrected chi connectivity index (χ1v) is 11.9. The molecule has 1 saturated heterocycles. The van der Waals surface area contributed by atoms with Crippen molar-refractivity contribution in [2.75, 3.05) is 29.5 Å². The number of rotatable bonds is 4. The third-order valence-electron chi connectivity index (χ3n) is 5.21. The number of nitrogens with zero attached hydrogens (tertiary/aromatic N) is 4. The molecule has 0 aliphatic carbocycles. The molecule has 0 atom stereocenters. The van der Waals surface area contributed by atoms with E-state index in [0.717, 1.165) is 6.07 Å². The summed E-state index contributed by atoms with van der Waals surface area (Å²) in [4.78, 5) is 15.9. The number of aromatic nitrogens is 2. The molecule has 3 aromatic rings. The Morgan fingerprint density at radius 1 is 1.06 bits per heavy atom. The number of hydrogen-bond donors (Lipinski definition) is 0. The summed E-state index contributed by atoms with van der Waals surface area (Å²) < 4.78 is 81.0. The smallest absolute Gasteiger partial charge is 0.413 e. The van der Waals surface area contributed by atoms with Crippen LogP contribution < -0.4 is 4.90 Å². The molecule has 0 spiro atoms. The lowest BCUT2D eigenvalue weighted by Gasteiger charge is -2.33. The fourth-order valence-corrected chi connectivity index (χ4v) is 4.59. The fourth-order valence-electron chi connectivity index (χ4n) is 3.39. The lowest BCUT2D eigenvalue weighted by molar-refractivity contribution is -0.156. The molecule has 180 valence electrons. The van der Waals surface area contributed by atoms with Crippen molar-refractivity contribution in [1.82, 2.24) is 15.1 Å². The Balaban J connectivity index is 1.59. The van der Waals surface area contributed by atoms with Crippen molar-refractivity contribution >= 4 is 21.6 Å². The Morgan fingerprint density at radius 3 is 2.32 bits per heavy atom. The third kappa shape index (κ3) is 5.19. The summed E-state index contributed by atoms with van der Waals surface area (Å²) in [5.41, 5.74) is 0.500. The van der Waals surface area contributed by atoms with Crippen LogP contribution in [0.4, 0.5) is 28.0 Å². The molecule has 4 rings (SSSR count). The summed E-state index contributed by atoms with van der Waals surface area (Å²) in [6.45, 7) is -0.162. The number of halogens is 4. The highest BCUT2D eigenvalue weighted by Gasteiger charge is 2.38. The van der Waals surface area contributed by atoms with Crippen LogP contribution in [-0.2, 0) is 22.6 Å². The molecule has 0 radical (unpaired) electrons. The Labute approximate surface area is 191 Å². The summed E-state index contributed by atoms with van der Waals surface area (Å²) in [5.74, 6) is -3.15. The van der Waals surface area contributed by atoms with Crippen molar-refractivity contribution in [3.63, 3.8) is 0 Å². The number of anilines is 1. The molecule has 0 saturated carbocycles. The zero-order chi connectivity index (χ0) is 24.5. The molecule has 34 heavy (non-hydrogen) atoms. The summed E-state index contributed by atoms with van der Waals surface area (Å²) in [5, 5.41) is 6.23. The molecule has 1 fully saturated rings. The van der Waals surface area contributed by atoms with Crippen molar-refractivity contribution in [2.24, 2.45) is 0 Å². The zero-order valence-electron chi connectivity index (χ0n) is 17.5. The van der Waals surface area contributed by atoms with Crippen LogP contribution in [-0.4, -0.2) is 54.1 Å². The minimum Gasteiger partial charge on any atom is -0.413 e.